The number of allylic oxidation sites excluding steroid dienone is 2. The molecule has 1 fully saturated rings. The van der Waals surface area contributed by atoms with E-state index < -0.39 is 5.60 Å². The number of rotatable bonds is 15. The topological polar surface area (TPSA) is 78.3 Å². The lowest BCUT2D eigenvalue weighted by molar-refractivity contribution is -0.0396. The number of hydrogen-bond acceptors (Lipinski definition) is 7. The summed E-state index contributed by atoms with van der Waals surface area (Å²) in [6, 6.07) is 0. The lowest BCUT2D eigenvalue weighted by Crippen LogP contribution is -2.38. The predicted molar refractivity (Wildman–Crippen MR) is 163 cm³/mol. The maximum Gasteiger partial charge on any atom is 0.410 e. The molecular formula is C32H56N4O5. The van der Waals surface area contributed by atoms with Crippen LogP contribution in [0, 0.1) is 5.41 Å². The summed E-state index contributed by atoms with van der Waals surface area (Å²) < 4.78 is 25.8. The van der Waals surface area contributed by atoms with Crippen molar-refractivity contribution in [2.75, 3.05) is 60.2 Å². The molecule has 2 heterocycles. The molecular weight excluding hydrogens is 520 g/mol. The Hall–Kier alpha value is -1.94. The van der Waals surface area contributed by atoms with Gasteiger partial charge in [0, 0.05) is 63.7 Å². The fourth-order valence-corrected chi connectivity index (χ4v) is 5.35. The summed E-state index contributed by atoms with van der Waals surface area (Å²) in [5.74, 6) is 0. The molecule has 1 aromatic rings. The van der Waals surface area contributed by atoms with Crippen molar-refractivity contribution in [3.05, 3.63) is 23.5 Å². The van der Waals surface area contributed by atoms with Gasteiger partial charge in [-0.3, -0.25) is 0 Å². The predicted octanol–water partition coefficient (Wildman–Crippen LogP) is 6.29. The molecule has 3 rings (SSSR count). The molecule has 1 amide bonds. The Kier molecular flexibility index (Phi) is 13.1. The second kappa shape index (κ2) is 16.1. The van der Waals surface area contributed by atoms with E-state index in [2.05, 4.69) is 38.1 Å². The van der Waals surface area contributed by atoms with E-state index in [0.29, 0.717) is 6.54 Å². The SMILES string of the molecule is CCCOCC1(COCCC)CC=C(c2nn(C3CCCCO3)cc2CN(C)CCN(C)C(=O)OC(C)(C)C)CC1. The maximum atomic E-state index is 12.4. The summed E-state index contributed by atoms with van der Waals surface area (Å²) in [5, 5.41) is 5.12. The van der Waals surface area contributed by atoms with Gasteiger partial charge in [0.25, 0.3) is 0 Å². The van der Waals surface area contributed by atoms with E-state index in [1.165, 1.54) is 11.1 Å². The van der Waals surface area contributed by atoms with Crippen LogP contribution in [0.4, 0.5) is 4.79 Å². The third-order valence-electron chi connectivity index (χ3n) is 7.74. The molecule has 0 saturated carbocycles. The van der Waals surface area contributed by atoms with Crippen LogP contribution in [0.25, 0.3) is 5.57 Å². The first kappa shape index (κ1) is 33.6. The Balaban J connectivity index is 1.74. The van der Waals surface area contributed by atoms with Gasteiger partial charge in [-0.2, -0.15) is 5.10 Å². The molecule has 1 atom stereocenters. The quantitative estimate of drug-likeness (QED) is 0.227. The summed E-state index contributed by atoms with van der Waals surface area (Å²) >= 11 is 0. The number of carbonyl (C=O) groups excluding carboxylic acids is 1. The maximum absolute atomic E-state index is 12.4. The molecule has 0 radical (unpaired) electrons. The van der Waals surface area contributed by atoms with Crippen molar-refractivity contribution in [2.45, 2.75) is 104 Å². The van der Waals surface area contributed by atoms with E-state index in [1.54, 1.807) is 11.9 Å². The Morgan fingerprint density at radius 3 is 2.39 bits per heavy atom. The number of hydrogen-bond donors (Lipinski definition) is 0. The summed E-state index contributed by atoms with van der Waals surface area (Å²) in [5.41, 5.74) is 3.09. The zero-order chi connectivity index (χ0) is 29.9. The minimum atomic E-state index is -0.503. The molecule has 9 heteroatoms. The van der Waals surface area contributed by atoms with Crippen LogP contribution in [0.3, 0.4) is 0 Å². The molecule has 1 unspecified atom stereocenters. The molecule has 2 aliphatic rings. The van der Waals surface area contributed by atoms with Crippen LogP contribution in [-0.4, -0.2) is 91.5 Å². The first-order valence-electron chi connectivity index (χ1n) is 15.7. The van der Waals surface area contributed by atoms with Crippen molar-refractivity contribution in [1.82, 2.24) is 19.6 Å². The van der Waals surface area contributed by atoms with Gasteiger partial charge in [-0.25, -0.2) is 9.48 Å². The second-order valence-corrected chi connectivity index (χ2v) is 13.0. The van der Waals surface area contributed by atoms with Crippen LogP contribution in [-0.2, 0) is 25.5 Å². The Bertz CT molecular complexity index is 954. The number of likely N-dealkylation sites (N-methyl/N-ethyl adjacent to an activating group) is 2. The highest BCUT2D eigenvalue weighted by Gasteiger charge is 2.34. The van der Waals surface area contributed by atoms with Crippen LogP contribution in [0.15, 0.2) is 12.3 Å². The van der Waals surface area contributed by atoms with Crippen LogP contribution in [0.5, 0.6) is 0 Å². The van der Waals surface area contributed by atoms with Crippen molar-refractivity contribution in [1.29, 1.82) is 0 Å². The summed E-state index contributed by atoms with van der Waals surface area (Å²) in [7, 11) is 3.89. The number of nitrogens with zero attached hydrogens (tertiary/aromatic N) is 4. The lowest BCUT2D eigenvalue weighted by atomic mass is 9.75. The van der Waals surface area contributed by atoms with E-state index in [0.717, 1.165) is 103 Å². The number of ether oxygens (including phenoxy) is 4. The van der Waals surface area contributed by atoms with E-state index in [1.807, 2.05) is 25.5 Å². The summed E-state index contributed by atoms with van der Waals surface area (Å²) in [4.78, 5) is 16.3. The smallest absolute Gasteiger partial charge is 0.410 e. The van der Waals surface area contributed by atoms with Gasteiger partial charge in [0.2, 0.25) is 0 Å². The minimum absolute atomic E-state index is 0.00646. The number of carbonyl (C=O) groups is 1. The molecule has 1 saturated heterocycles. The fourth-order valence-electron chi connectivity index (χ4n) is 5.35. The molecule has 0 N–H and O–H groups in total. The third kappa shape index (κ3) is 10.7. The Morgan fingerprint density at radius 2 is 1.83 bits per heavy atom. The molecule has 0 bridgehead atoms. The molecule has 1 aliphatic heterocycles. The van der Waals surface area contributed by atoms with Gasteiger partial charge < -0.3 is 28.7 Å². The van der Waals surface area contributed by atoms with Gasteiger partial charge in [0.05, 0.1) is 18.9 Å². The largest absolute Gasteiger partial charge is 0.444 e. The molecule has 1 aliphatic carbocycles. The minimum Gasteiger partial charge on any atom is -0.444 e. The van der Waals surface area contributed by atoms with Gasteiger partial charge in [-0.1, -0.05) is 19.9 Å². The normalized spacial score (nSPS) is 19.3. The molecule has 1 aromatic heterocycles. The number of amides is 1. The average Bonchev–Trinajstić information content (AvgIpc) is 3.35. The second-order valence-electron chi connectivity index (χ2n) is 13.0. The Labute approximate surface area is 248 Å². The van der Waals surface area contributed by atoms with E-state index in [4.69, 9.17) is 24.0 Å². The molecule has 234 valence electrons. The van der Waals surface area contributed by atoms with Gasteiger partial charge in [0.1, 0.15) is 11.8 Å². The molecule has 0 aromatic carbocycles. The molecule has 41 heavy (non-hydrogen) atoms. The van der Waals surface area contributed by atoms with Gasteiger partial charge in [-0.05, 0) is 84.8 Å². The van der Waals surface area contributed by atoms with Gasteiger partial charge in [-0.15, -0.1) is 0 Å². The monoisotopic (exact) mass is 576 g/mol. The third-order valence-corrected chi connectivity index (χ3v) is 7.74. The van der Waals surface area contributed by atoms with E-state index in [9.17, 15) is 4.79 Å². The highest BCUT2D eigenvalue weighted by atomic mass is 16.6. The number of aromatic nitrogens is 2. The first-order valence-corrected chi connectivity index (χ1v) is 15.7. The van der Waals surface area contributed by atoms with Crippen LogP contribution >= 0.6 is 0 Å². The molecule has 9 nitrogen and oxygen atoms in total. The van der Waals surface area contributed by atoms with Crippen molar-refractivity contribution in [3.63, 3.8) is 0 Å². The van der Waals surface area contributed by atoms with Crippen molar-refractivity contribution in [2.24, 2.45) is 5.41 Å². The van der Waals surface area contributed by atoms with Crippen LogP contribution in [0.2, 0.25) is 0 Å². The van der Waals surface area contributed by atoms with Gasteiger partial charge >= 0.3 is 6.09 Å². The Morgan fingerprint density at radius 1 is 1.12 bits per heavy atom. The van der Waals surface area contributed by atoms with Crippen molar-refractivity contribution in [3.8, 4) is 0 Å². The summed E-state index contributed by atoms with van der Waals surface area (Å²) in [6.07, 6.45) is 12.5. The summed E-state index contributed by atoms with van der Waals surface area (Å²) in [6.45, 7) is 15.9. The highest BCUT2D eigenvalue weighted by Crippen LogP contribution is 2.40. The van der Waals surface area contributed by atoms with Crippen molar-refractivity contribution >= 4 is 11.7 Å². The highest BCUT2D eigenvalue weighted by molar-refractivity contribution is 5.67. The van der Waals surface area contributed by atoms with Gasteiger partial charge in [0.15, 0.2) is 0 Å². The zero-order valence-corrected chi connectivity index (χ0v) is 26.9. The average molecular weight is 577 g/mol. The van der Waals surface area contributed by atoms with Crippen molar-refractivity contribution < 1.29 is 23.7 Å². The van der Waals surface area contributed by atoms with Crippen LogP contribution in [0.1, 0.15) is 103 Å². The first-order chi connectivity index (χ1) is 19.6. The fraction of sp³-hybridized carbons (Fsp3) is 0.812. The molecule has 0 spiro atoms. The lowest BCUT2D eigenvalue weighted by Gasteiger charge is -2.36. The zero-order valence-electron chi connectivity index (χ0n) is 26.9. The van der Waals surface area contributed by atoms with E-state index in [-0.39, 0.29) is 17.7 Å². The van der Waals surface area contributed by atoms with E-state index >= 15 is 0 Å². The van der Waals surface area contributed by atoms with Crippen LogP contribution < -0.4 is 0 Å². The standard InChI is InChI=1S/C32H56N4O5/c1-8-19-38-24-32(25-39-20-9-2)15-13-26(14-16-32)29-27(23-36(33-29)28-12-10-11-21-40-28)22-34(6)17-18-35(7)30(37)41-31(3,4)5/h13,23,28H,8-12,14-22,24-25H2,1-7H3.